The maximum absolute atomic E-state index is 13.5. The predicted octanol–water partition coefficient (Wildman–Crippen LogP) is 1.06. The summed E-state index contributed by atoms with van der Waals surface area (Å²) in [6, 6.07) is 1.62. The van der Waals surface area contributed by atoms with E-state index in [1.54, 1.807) is 14.1 Å². The van der Waals surface area contributed by atoms with Gasteiger partial charge in [-0.15, -0.1) is 0 Å². The van der Waals surface area contributed by atoms with Crippen molar-refractivity contribution in [3.63, 3.8) is 0 Å². The molecule has 0 saturated carbocycles. The van der Waals surface area contributed by atoms with Crippen molar-refractivity contribution >= 4 is 17.4 Å². The Morgan fingerprint density at radius 3 is 2.50 bits per heavy atom. The number of carbonyl (C=O) groups excluding carboxylic acids is 2. The van der Waals surface area contributed by atoms with Crippen LogP contribution in [0.4, 0.5) is 14.5 Å². The smallest absolute Gasteiger partial charge is 0.299 e. The number of amides is 1. The Kier molecular flexibility index (Phi) is 3.13. The first-order valence-electron chi connectivity index (χ1n) is 5.42. The van der Waals surface area contributed by atoms with Gasteiger partial charge in [0, 0.05) is 19.2 Å². The molecule has 0 aliphatic carbocycles. The van der Waals surface area contributed by atoms with Gasteiger partial charge in [0.05, 0.1) is 11.3 Å². The van der Waals surface area contributed by atoms with Crippen molar-refractivity contribution < 1.29 is 18.4 Å². The molecule has 6 heteroatoms. The zero-order chi connectivity index (χ0) is 13.4. The Morgan fingerprint density at radius 2 is 1.89 bits per heavy atom. The molecule has 96 valence electrons. The summed E-state index contributed by atoms with van der Waals surface area (Å²) in [6.45, 7) is 0.712. The van der Waals surface area contributed by atoms with E-state index < -0.39 is 23.3 Å². The Morgan fingerprint density at radius 1 is 1.22 bits per heavy atom. The summed E-state index contributed by atoms with van der Waals surface area (Å²) in [6.07, 6.45) is 0. The molecule has 0 fully saturated rings. The van der Waals surface area contributed by atoms with Crippen LogP contribution in [0.3, 0.4) is 0 Å². The lowest BCUT2D eigenvalue weighted by molar-refractivity contribution is -0.114. The van der Waals surface area contributed by atoms with E-state index in [2.05, 4.69) is 0 Å². The van der Waals surface area contributed by atoms with E-state index in [9.17, 15) is 18.4 Å². The highest BCUT2D eigenvalue weighted by Gasteiger charge is 2.38. The molecular formula is C12H12F2N2O2. The SMILES string of the molecule is CN(C)CCN1C(=O)C(=O)c2c(F)cc(F)cc21. The molecule has 1 amide bonds. The van der Waals surface area contributed by atoms with Crippen molar-refractivity contribution in [1.29, 1.82) is 0 Å². The zero-order valence-corrected chi connectivity index (χ0v) is 10.0. The first-order chi connectivity index (χ1) is 8.41. The number of carbonyl (C=O) groups is 2. The first-order valence-corrected chi connectivity index (χ1v) is 5.42. The summed E-state index contributed by atoms with van der Waals surface area (Å²) in [7, 11) is 3.60. The average molecular weight is 254 g/mol. The van der Waals surface area contributed by atoms with Crippen LogP contribution >= 0.6 is 0 Å². The Bertz CT molecular complexity index is 529. The van der Waals surface area contributed by atoms with E-state index in [1.165, 1.54) is 0 Å². The lowest BCUT2D eigenvalue weighted by atomic mass is 10.1. The van der Waals surface area contributed by atoms with E-state index in [0.29, 0.717) is 12.6 Å². The van der Waals surface area contributed by atoms with Crippen LogP contribution in [0, 0.1) is 11.6 Å². The van der Waals surface area contributed by atoms with Crippen LogP contribution < -0.4 is 4.90 Å². The fourth-order valence-corrected chi connectivity index (χ4v) is 1.86. The van der Waals surface area contributed by atoms with E-state index in [4.69, 9.17) is 0 Å². The highest BCUT2D eigenvalue weighted by molar-refractivity contribution is 6.52. The van der Waals surface area contributed by atoms with Gasteiger partial charge in [-0.25, -0.2) is 8.78 Å². The number of nitrogens with zero attached hydrogens (tertiary/aromatic N) is 2. The Balaban J connectivity index is 2.41. The third kappa shape index (κ3) is 1.99. The number of hydrogen-bond acceptors (Lipinski definition) is 3. The topological polar surface area (TPSA) is 40.6 Å². The van der Waals surface area contributed by atoms with Crippen LogP contribution in [0.15, 0.2) is 12.1 Å². The standard InChI is InChI=1S/C12H12F2N2O2/c1-15(2)3-4-16-9-6-7(13)5-8(14)10(9)11(17)12(16)18/h5-6H,3-4H2,1-2H3. The van der Waals surface area contributed by atoms with E-state index in [-0.39, 0.29) is 17.8 Å². The lowest BCUT2D eigenvalue weighted by Gasteiger charge is -2.19. The second kappa shape index (κ2) is 4.45. The second-order valence-corrected chi connectivity index (χ2v) is 4.37. The fraction of sp³-hybridized carbons (Fsp3) is 0.333. The van der Waals surface area contributed by atoms with Crippen molar-refractivity contribution in [2.45, 2.75) is 0 Å². The van der Waals surface area contributed by atoms with Crippen molar-refractivity contribution in [3.05, 3.63) is 29.3 Å². The molecule has 0 aromatic heterocycles. The average Bonchev–Trinajstić information content (AvgIpc) is 2.49. The van der Waals surface area contributed by atoms with Gasteiger partial charge in [-0.1, -0.05) is 0 Å². The van der Waals surface area contributed by atoms with Gasteiger partial charge in [0.2, 0.25) is 0 Å². The van der Waals surface area contributed by atoms with Crippen molar-refractivity contribution in [3.8, 4) is 0 Å². The Labute approximate surface area is 103 Å². The normalized spacial score (nSPS) is 14.6. The molecule has 0 N–H and O–H groups in total. The first kappa shape index (κ1) is 12.6. The van der Waals surface area contributed by atoms with Crippen LogP contribution in [-0.2, 0) is 4.79 Å². The molecule has 4 nitrogen and oxygen atoms in total. The quantitative estimate of drug-likeness (QED) is 0.757. The molecule has 1 aromatic rings. The minimum Gasteiger partial charge on any atom is -0.308 e. The van der Waals surface area contributed by atoms with Gasteiger partial charge in [-0.2, -0.15) is 0 Å². The van der Waals surface area contributed by atoms with E-state index in [0.717, 1.165) is 11.0 Å². The van der Waals surface area contributed by atoms with E-state index >= 15 is 0 Å². The Hall–Kier alpha value is -1.82. The molecular weight excluding hydrogens is 242 g/mol. The number of anilines is 1. The van der Waals surface area contributed by atoms with Crippen LogP contribution in [0.25, 0.3) is 0 Å². The molecule has 0 spiro atoms. The molecule has 2 rings (SSSR count). The molecule has 0 radical (unpaired) electrons. The summed E-state index contributed by atoms with van der Waals surface area (Å²) in [5, 5.41) is 0. The monoisotopic (exact) mass is 254 g/mol. The largest absolute Gasteiger partial charge is 0.308 e. The molecule has 1 heterocycles. The molecule has 0 bridgehead atoms. The molecule has 1 aliphatic rings. The summed E-state index contributed by atoms with van der Waals surface area (Å²) >= 11 is 0. The number of rotatable bonds is 3. The molecule has 0 unspecified atom stereocenters. The number of halogens is 2. The highest BCUT2D eigenvalue weighted by Crippen LogP contribution is 2.31. The third-order valence-electron chi connectivity index (χ3n) is 2.76. The number of likely N-dealkylation sites (N-methyl/N-ethyl adjacent to an activating group) is 1. The molecule has 1 aromatic carbocycles. The zero-order valence-electron chi connectivity index (χ0n) is 10.0. The maximum Gasteiger partial charge on any atom is 0.299 e. The number of hydrogen-bond donors (Lipinski definition) is 0. The van der Waals surface area contributed by atoms with Gasteiger partial charge >= 0.3 is 0 Å². The summed E-state index contributed by atoms with van der Waals surface area (Å²) < 4.78 is 26.6. The minimum absolute atomic E-state index is 0.0179. The van der Waals surface area contributed by atoms with Crippen LogP contribution in [0.2, 0.25) is 0 Å². The van der Waals surface area contributed by atoms with Crippen molar-refractivity contribution in [2.24, 2.45) is 0 Å². The fourth-order valence-electron chi connectivity index (χ4n) is 1.86. The predicted molar refractivity (Wildman–Crippen MR) is 61.6 cm³/mol. The van der Waals surface area contributed by atoms with Gasteiger partial charge in [0.15, 0.2) is 0 Å². The highest BCUT2D eigenvalue weighted by atomic mass is 19.1. The molecule has 0 atom stereocenters. The van der Waals surface area contributed by atoms with Gasteiger partial charge < -0.3 is 9.80 Å². The number of Topliss-reactive ketones (excluding diaryl/α,β-unsaturated/α-hetero) is 1. The van der Waals surface area contributed by atoms with Gasteiger partial charge in [-0.3, -0.25) is 9.59 Å². The maximum atomic E-state index is 13.5. The van der Waals surface area contributed by atoms with Gasteiger partial charge in [0.25, 0.3) is 11.7 Å². The third-order valence-corrected chi connectivity index (χ3v) is 2.76. The minimum atomic E-state index is -0.990. The van der Waals surface area contributed by atoms with Crippen molar-refractivity contribution in [2.75, 3.05) is 32.1 Å². The van der Waals surface area contributed by atoms with Gasteiger partial charge in [-0.05, 0) is 20.2 Å². The summed E-state index contributed by atoms with van der Waals surface area (Å²) in [4.78, 5) is 26.2. The summed E-state index contributed by atoms with van der Waals surface area (Å²) in [5.74, 6) is -3.52. The second-order valence-electron chi connectivity index (χ2n) is 4.37. The van der Waals surface area contributed by atoms with Crippen LogP contribution in [-0.4, -0.2) is 43.8 Å². The molecule has 1 aliphatic heterocycles. The number of fused-ring (bicyclic) bond motifs is 1. The molecule has 18 heavy (non-hydrogen) atoms. The lowest BCUT2D eigenvalue weighted by Crippen LogP contribution is -2.35. The van der Waals surface area contributed by atoms with Gasteiger partial charge in [0.1, 0.15) is 11.6 Å². The van der Waals surface area contributed by atoms with Crippen LogP contribution in [0.5, 0.6) is 0 Å². The molecule has 0 saturated heterocycles. The van der Waals surface area contributed by atoms with E-state index in [1.807, 2.05) is 4.90 Å². The number of benzene rings is 1. The van der Waals surface area contributed by atoms with Crippen LogP contribution in [0.1, 0.15) is 10.4 Å². The summed E-state index contributed by atoms with van der Waals surface area (Å²) in [5.41, 5.74) is -0.315. The van der Waals surface area contributed by atoms with Crippen molar-refractivity contribution in [1.82, 2.24) is 4.90 Å². The number of ketones is 1.